The zero-order valence-electron chi connectivity index (χ0n) is 11.5. The fourth-order valence-electron chi connectivity index (χ4n) is 3.07. The van der Waals surface area contributed by atoms with Gasteiger partial charge in [-0.15, -0.1) is 0 Å². The third-order valence-electron chi connectivity index (χ3n) is 4.10. The first kappa shape index (κ1) is 14.1. The van der Waals surface area contributed by atoms with Gasteiger partial charge in [0.25, 0.3) is 0 Å². The van der Waals surface area contributed by atoms with Crippen LogP contribution in [-0.2, 0) is 12.8 Å². The zero-order valence-corrected chi connectivity index (χ0v) is 13.1. The van der Waals surface area contributed by atoms with Crippen molar-refractivity contribution in [3.8, 4) is 0 Å². The van der Waals surface area contributed by atoms with E-state index in [9.17, 15) is 0 Å². The average molecular weight is 310 g/mol. The minimum atomic E-state index is 0.696. The molecule has 0 saturated carbocycles. The van der Waals surface area contributed by atoms with E-state index in [-0.39, 0.29) is 0 Å². The molecular weight excluding hydrogens is 286 g/mol. The predicted molar refractivity (Wildman–Crippen MR) is 82.0 cm³/mol. The number of hydrogen-bond donors (Lipinski definition) is 1. The van der Waals surface area contributed by atoms with Crippen molar-refractivity contribution in [2.45, 2.75) is 52.0 Å². The first-order valence-electron chi connectivity index (χ1n) is 7.25. The maximum Gasteiger partial charge on any atom is 0.0178 e. The van der Waals surface area contributed by atoms with Gasteiger partial charge in [-0.2, -0.15) is 0 Å². The summed E-state index contributed by atoms with van der Waals surface area (Å²) in [7, 11) is 0. The Kier molecular flexibility index (Phi) is 5.25. The lowest BCUT2D eigenvalue weighted by Gasteiger charge is -2.32. The summed E-state index contributed by atoms with van der Waals surface area (Å²) in [6, 6.07) is 7.48. The molecule has 100 valence electrons. The summed E-state index contributed by atoms with van der Waals surface area (Å²) in [5.41, 5.74) is 3.11. The van der Waals surface area contributed by atoms with Crippen LogP contribution in [0.2, 0.25) is 0 Å². The molecular formula is C16H24BrN. The van der Waals surface area contributed by atoms with Crippen molar-refractivity contribution in [1.29, 1.82) is 0 Å². The fourth-order valence-corrected chi connectivity index (χ4v) is 3.48. The van der Waals surface area contributed by atoms with E-state index in [4.69, 9.17) is 0 Å². The van der Waals surface area contributed by atoms with Crippen molar-refractivity contribution in [3.63, 3.8) is 0 Å². The van der Waals surface area contributed by atoms with Gasteiger partial charge in [-0.05, 0) is 67.8 Å². The number of benzene rings is 1. The molecule has 2 rings (SSSR count). The Morgan fingerprint density at radius 3 is 2.89 bits per heavy atom. The van der Waals surface area contributed by atoms with Crippen LogP contribution in [0.3, 0.4) is 0 Å². The Hall–Kier alpha value is -0.340. The summed E-state index contributed by atoms with van der Waals surface area (Å²) in [5.74, 6) is 0.815. The molecule has 1 N–H and O–H groups in total. The van der Waals surface area contributed by atoms with Crippen molar-refractivity contribution >= 4 is 15.9 Å². The van der Waals surface area contributed by atoms with Crippen LogP contribution in [0.1, 0.15) is 44.2 Å². The topological polar surface area (TPSA) is 12.0 Å². The van der Waals surface area contributed by atoms with Crippen molar-refractivity contribution in [1.82, 2.24) is 5.32 Å². The maximum absolute atomic E-state index is 3.72. The maximum atomic E-state index is 3.72. The first-order chi connectivity index (χ1) is 8.74. The van der Waals surface area contributed by atoms with Gasteiger partial charge in [0, 0.05) is 10.5 Å². The van der Waals surface area contributed by atoms with E-state index < -0.39 is 0 Å². The molecule has 0 amide bonds. The summed E-state index contributed by atoms with van der Waals surface area (Å²) in [5, 5.41) is 3.72. The number of fused-ring (bicyclic) bond motifs is 1. The summed E-state index contributed by atoms with van der Waals surface area (Å²) in [4.78, 5) is 0. The third kappa shape index (κ3) is 3.36. The van der Waals surface area contributed by atoms with Crippen LogP contribution >= 0.6 is 15.9 Å². The minimum absolute atomic E-state index is 0.696. The molecule has 2 heteroatoms. The van der Waals surface area contributed by atoms with Crippen LogP contribution in [-0.4, -0.2) is 12.6 Å². The molecule has 2 atom stereocenters. The van der Waals surface area contributed by atoms with Gasteiger partial charge in [0.15, 0.2) is 0 Å². The molecule has 0 spiro atoms. The number of nitrogens with one attached hydrogen (secondary N) is 1. The minimum Gasteiger partial charge on any atom is -0.314 e. The van der Waals surface area contributed by atoms with E-state index >= 15 is 0 Å². The highest BCUT2D eigenvalue weighted by molar-refractivity contribution is 9.10. The smallest absolute Gasteiger partial charge is 0.0178 e. The standard InChI is InChI=1S/C16H24BrN/c1-3-9-18-16(4-2)14-6-5-13-11-15(17)8-7-12(13)10-14/h7-8,11,14,16,18H,3-6,9-10H2,1-2H3. The lowest BCUT2D eigenvalue weighted by molar-refractivity contribution is 0.313. The van der Waals surface area contributed by atoms with Crippen molar-refractivity contribution in [2.75, 3.05) is 6.54 Å². The molecule has 1 aliphatic rings. The molecule has 1 aromatic carbocycles. The molecule has 1 aliphatic carbocycles. The highest BCUT2D eigenvalue weighted by atomic mass is 79.9. The van der Waals surface area contributed by atoms with E-state index in [1.807, 2.05) is 0 Å². The van der Waals surface area contributed by atoms with E-state index in [0.717, 1.165) is 12.5 Å². The van der Waals surface area contributed by atoms with Gasteiger partial charge in [0.1, 0.15) is 0 Å². The molecule has 0 bridgehead atoms. The normalized spacial score (nSPS) is 20.5. The Morgan fingerprint density at radius 2 is 2.17 bits per heavy atom. The number of aryl methyl sites for hydroxylation is 1. The van der Waals surface area contributed by atoms with Crippen molar-refractivity contribution < 1.29 is 0 Å². The van der Waals surface area contributed by atoms with Gasteiger partial charge in [0.05, 0.1) is 0 Å². The Morgan fingerprint density at radius 1 is 1.33 bits per heavy atom. The van der Waals surface area contributed by atoms with E-state index in [0.29, 0.717) is 6.04 Å². The van der Waals surface area contributed by atoms with Crippen LogP contribution in [0, 0.1) is 5.92 Å². The predicted octanol–water partition coefficient (Wildman–Crippen LogP) is 4.33. The van der Waals surface area contributed by atoms with Gasteiger partial charge in [-0.3, -0.25) is 0 Å². The summed E-state index contributed by atoms with van der Waals surface area (Å²) < 4.78 is 1.22. The molecule has 2 unspecified atom stereocenters. The van der Waals surface area contributed by atoms with Crippen molar-refractivity contribution in [2.24, 2.45) is 5.92 Å². The molecule has 0 fully saturated rings. The van der Waals surface area contributed by atoms with Crippen LogP contribution in [0.15, 0.2) is 22.7 Å². The largest absolute Gasteiger partial charge is 0.314 e. The SMILES string of the molecule is CCCNC(CC)C1CCc2cc(Br)ccc2C1. The number of hydrogen-bond acceptors (Lipinski definition) is 1. The van der Waals surface area contributed by atoms with E-state index in [1.165, 1.54) is 36.6 Å². The van der Waals surface area contributed by atoms with Gasteiger partial charge in [-0.1, -0.05) is 35.8 Å². The van der Waals surface area contributed by atoms with E-state index in [1.54, 1.807) is 11.1 Å². The Labute approximate surface area is 119 Å². The molecule has 1 nitrogen and oxygen atoms in total. The van der Waals surface area contributed by atoms with Crippen molar-refractivity contribution in [3.05, 3.63) is 33.8 Å². The quantitative estimate of drug-likeness (QED) is 0.853. The summed E-state index contributed by atoms with van der Waals surface area (Å²) in [6.45, 7) is 5.71. The first-order valence-corrected chi connectivity index (χ1v) is 8.04. The number of rotatable bonds is 5. The van der Waals surface area contributed by atoms with Crippen LogP contribution in [0.25, 0.3) is 0 Å². The highest BCUT2D eigenvalue weighted by Gasteiger charge is 2.24. The molecule has 0 heterocycles. The number of halogens is 1. The van der Waals surface area contributed by atoms with Gasteiger partial charge >= 0.3 is 0 Å². The van der Waals surface area contributed by atoms with E-state index in [2.05, 4.69) is 53.3 Å². The second-order valence-electron chi connectivity index (χ2n) is 5.38. The van der Waals surface area contributed by atoms with Crippen LogP contribution in [0.5, 0.6) is 0 Å². The van der Waals surface area contributed by atoms with Gasteiger partial charge in [-0.25, -0.2) is 0 Å². The lowest BCUT2D eigenvalue weighted by Crippen LogP contribution is -2.38. The highest BCUT2D eigenvalue weighted by Crippen LogP contribution is 2.30. The molecule has 0 aromatic heterocycles. The summed E-state index contributed by atoms with van der Waals surface area (Å²) >= 11 is 3.57. The van der Waals surface area contributed by atoms with Gasteiger partial charge < -0.3 is 5.32 Å². The lowest BCUT2D eigenvalue weighted by atomic mass is 9.79. The van der Waals surface area contributed by atoms with Gasteiger partial charge in [0.2, 0.25) is 0 Å². The van der Waals surface area contributed by atoms with Crippen LogP contribution < -0.4 is 5.32 Å². The zero-order chi connectivity index (χ0) is 13.0. The summed E-state index contributed by atoms with van der Waals surface area (Å²) in [6.07, 6.45) is 6.30. The second kappa shape index (κ2) is 6.72. The third-order valence-corrected chi connectivity index (χ3v) is 4.59. The second-order valence-corrected chi connectivity index (χ2v) is 6.30. The molecule has 0 aliphatic heterocycles. The Balaban J connectivity index is 2.03. The average Bonchev–Trinajstić information content (AvgIpc) is 2.39. The monoisotopic (exact) mass is 309 g/mol. The molecule has 18 heavy (non-hydrogen) atoms. The molecule has 0 saturated heterocycles. The van der Waals surface area contributed by atoms with Crippen LogP contribution in [0.4, 0.5) is 0 Å². The molecule has 0 radical (unpaired) electrons. The fraction of sp³-hybridized carbons (Fsp3) is 0.625. The Bertz CT molecular complexity index is 389. The molecule has 1 aromatic rings.